The van der Waals surface area contributed by atoms with Crippen LogP contribution in [0.15, 0.2) is 93.6 Å². The predicted molar refractivity (Wildman–Crippen MR) is 151 cm³/mol. The molecule has 0 spiro atoms. The molecule has 198 valence electrons. The average molecular weight is 601 g/mol. The Bertz CT molecular complexity index is 1590. The molecule has 8 nitrogen and oxygen atoms in total. The van der Waals surface area contributed by atoms with Gasteiger partial charge in [0.2, 0.25) is 10.9 Å². The summed E-state index contributed by atoms with van der Waals surface area (Å²) >= 11 is 14.8. The van der Waals surface area contributed by atoms with Gasteiger partial charge in [-0.15, -0.1) is 10.2 Å². The zero-order valence-electron chi connectivity index (χ0n) is 20.0. The van der Waals surface area contributed by atoms with Crippen LogP contribution in [0.1, 0.15) is 27.7 Å². The monoisotopic (exact) mass is 599 g/mol. The minimum atomic E-state index is -1.00. The molecule has 0 saturated heterocycles. The number of ketones is 1. The van der Waals surface area contributed by atoms with E-state index >= 15 is 0 Å². The minimum absolute atomic E-state index is 0.0105. The van der Waals surface area contributed by atoms with Crippen molar-refractivity contribution in [1.29, 1.82) is 0 Å². The second-order valence-electron chi connectivity index (χ2n) is 8.19. The van der Waals surface area contributed by atoms with Gasteiger partial charge in [-0.05, 0) is 47.5 Å². The predicted octanol–water partition coefficient (Wildman–Crippen LogP) is 7.08. The number of carbonyl (C=O) groups excluding carboxylic acids is 2. The topological polar surface area (TPSA) is 106 Å². The molecule has 0 saturated carbocycles. The summed E-state index contributed by atoms with van der Waals surface area (Å²) in [5, 5.41) is 20.6. The van der Waals surface area contributed by atoms with E-state index in [2.05, 4.69) is 16.8 Å². The summed E-state index contributed by atoms with van der Waals surface area (Å²) in [4.78, 5) is 28.1. The molecule has 1 aliphatic rings. The third-order valence-electron chi connectivity index (χ3n) is 5.71. The number of aliphatic hydroxyl groups is 1. The number of ether oxygens (including phenoxy) is 1. The summed E-state index contributed by atoms with van der Waals surface area (Å²) in [7, 11) is 0. The van der Waals surface area contributed by atoms with Crippen molar-refractivity contribution in [2.24, 2.45) is 0 Å². The maximum Gasteiger partial charge on any atom is 0.296 e. The Morgan fingerprint density at radius 2 is 2.05 bits per heavy atom. The number of rotatable bonds is 10. The summed E-state index contributed by atoms with van der Waals surface area (Å²) in [5.41, 5.74) is 1.26. The lowest BCUT2D eigenvalue weighted by atomic mass is 9.95. The molecule has 12 heteroatoms. The van der Waals surface area contributed by atoms with Crippen LogP contribution in [0.2, 0.25) is 10.0 Å². The van der Waals surface area contributed by atoms with Crippen molar-refractivity contribution in [2.75, 3.05) is 11.5 Å². The highest BCUT2D eigenvalue weighted by atomic mass is 35.5. The van der Waals surface area contributed by atoms with E-state index in [9.17, 15) is 14.7 Å². The zero-order chi connectivity index (χ0) is 27.5. The summed E-state index contributed by atoms with van der Waals surface area (Å²) in [5.74, 6) is -1.09. The number of Topliss-reactive ketones (excluding diaryl/α,β-unsaturated/α-hetero) is 1. The quantitative estimate of drug-likeness (QED) is 0.0892. The Kier molecular flexibility index (Phi) is 8.08. The van der Waals surface area contributed by atoms with Crippen molar-refractivity contribution in [3.05, 3.63) is 112 Å². The number of nitrogens with zero attached hydrogens (tertiary/aromatic N) is 3. The van der Waals surface area contributed by atoms with Crippen LogP contribution in [0.3, 0.4) is 0 Å². The van der Waals surface area contributed by atoms with Crippen LogP contribution in [-0.2, 0) is 10.5 Å². The van der Waals surface area contributed by atoms with Crippen LogP contribution in [0.5, 0.6) is 5.75 Å². The first-order valence-corrected chi connectivity index (χ1v) is 14.0. The summed E-state index contributed by atoms with van der Waals surface area (Å²) < 4.78 is 11.5. The summed E-state index contributed by atoms with van der Waals surface area (Å²) in [6, 6.07) is 14.2. The Balaban J connectivity index is 1.49. The summed E-state index contributed by atoms with van der Waals surface area (Å²) in [6.45, 7) is 3.92. The fourth-order valence-electron chi connectivity index (χ4n) is 3.96. The Labute approximate surface area is 241 Å². The van der Waals surface area contributed by atoms with E-state index in [0.29, 0.717) is 31.5 Å². The number of hydrogen-bond donors (Lipinski definition) is 1. The fourth-order valence-corrected chi connectivity index (χ4v) is 6.38. The van der Waals surface area contributed by atoms with Gasteiger partial charge in [0, 0.05) is 15.8 Å². The molecule has 1 amide bonds. The van der Waals surface area contributed by atoms with Gasteiger partial charge < -0.3 is 14.3 Å². The lowest BCUT2D eigenvalue weighted by molar-refractivity contribution is -0.117. The molecule has 39 heavy (non-hydrogen) atoms. The molecule has 1 atom stereocenters. The van der Waals surface area contributed by atoms with E-state index in [-0.39, 0.29) is 23.1 Å². The molecule has 0 fully saturated rings. The van der Waals surface area contributed by atoms with Gasteiger partial charge in [-0.2, -0.15) is 0 Å². The lowest BCUT2D eigenvalue weighted by Gasteiger charge is -2.24. The van der Waals surface area contributed by atoms with E-state index < -0.39 is 23.5 Å². The SMILES string of the molecule is C=CCOc1cccc(C2C(C(=O)c3ccco3)=C(O)C(=O)N2c2nnc(SCc3ccc(Cl)cc3Cl)s2)c1. The Morgan fingerprint density at radius 3 is 2.79 bits per heavy atom. The molecule has 0 aliphatic carbocycles. The first-order valence-electron chi connectivity index (χ1n) is 11.5. The number of furan rings is 1. The van der Waals surface area contributed by atoms with Gasteiger partial charge in [-0.25, -0.2) is 0 Å². The van der Waals surface area contributed by atoms with Crippen molar-refractivity contribution in [3.8, 4) is 5.75 Å². The van der Waals surface area contributed by atoms with Gasteiger partial charge in [0.15, 0.2) is 15.9 Å². The third kappa shape index (κ3) is 5.60. The highest BCUT2D eigenvalue weighted by Crippen LogP contribution is 2.44. The van der Waals surface area contributed by atoms with Gasteiger partial charge in [-0.3, -0.25) is 14.5 Å². The molecule has 0 radical (unpaired) electrons. The molecular formula is C27H19Cl2N3O5S2. The standard InChI is InChI=1S/C27H19Cl2N3O5S2/c1-2-10-36-18-6-3-5-15(12-18)22-21(23(33)20-7-4-11-37-20)24(34)25(35)32(22)26-30-31-27(39-26)38-14-16-8-9-17(28)13-19(16)29/h2-9,11-13,22,34H,1,10,14H2. The number of carbonyl (C=O) groups is 2. The molecule has 5 rings (SSSR count). The maximum atomic E-state index is 13.4. The van der Waals surface area contributed by atoms with Crippen LogP contribution in [0.4, 0.5) is 5.13 Å². The third-order valence-corrected chi connectivity index (χ3v) is 8.40. The first-order chi connectivity index (χ1) is 18.9. The van der Waals surface area contributed by atoms with Crippen LogP contribution < -0.4 is 9.64 Å². The van der Waals surface area contributed by atoms with Gasteiger partial charge in [0.05, 0.1) is 17.9 Å². The number of aliphatic hydroxyl groups excluding tert-OH is 1. The number of thioether (sulfide) groups is 1. The van der Waals surface area contributed by atoms with Crippen LogP contribution in [0.25, 0.3) is 0 Å². The second-order valence-corrected chi connectivity index (χ2v) is 11.2. The van der Waals surface area contributed by atoms with Crippen LogP contribution in [0, 0.1) is 0 Å². The van der Waals surface area contributed by atoms with E-state index in [0.717, 1.165) is 16.9 Å². The molecule has 4 aromatic rings. The summed E-state index contributed by atoms with van der Waals surface area (Å²) in [6.07, 6.45) is 2.95. The van der Waals surface area contributed by atoms with Crippen molar-refractivity contribution in [1.82, 2.24) is 10.2 Å². The van der Waals surface area contributed by atoms with E-state index in [1.54, 1.807) is 48.5 Å². The first kappa shape index (κ1) is 27.0. The number of halogens is 2. The van der Waals surface area contributed by atoms with Crippen molar-refractivity contribution < 1.29 is 23.8 Å². The van der Waals surface area contributed by atoms with E-state index in [1.807, 2.05) is 6.07 Å². The molecule has 1 aliphatic heterocycles. The minimum Gasteiger partial charge on any atom is -0.503 e. The molecule has 2 aromatic heterocycles. The molecule has 1 N–H and O–H groups in total. The van der Waals surface area contributed by atoms with Gasteiger partial charge in [-0.1, -0.05) is 77.2 Å². The van der Waals surface area contributed by atoms with Crippen molar-refractivity contribution >= 4 is 63.1 Å². The number of amides is 1. The van der Waals surface area contributed by atoms with Crippen LogP contribution in [-0.4, -0.2) is 33.6 Å². The second kappa shape index (κ2) is 11.7. The zero-order valence-corrected chi connectivity index (χ0v) is 23.2. The number of aromatic nitrogens is 2. The van der Waals surface area contributed by atoms with Crippen molar-refractivity contribution in [2.45, 2.75) is 16.1 Å². The number of hydrogen-bond acceptors (Lipinski definition) is 9. The number of benzene rings is 2. The van der Waals surface area contributed by atoms with Gasteiger partial charge in [0.1, 0.15) is 12.4 Å². The van der Waals surface area contributed by atoms with Gasteiger partial charge >= 0.3 is 0 Å². The molecular weight excluding hydrogens is 581 g/mol. The smallest absolute Gasteiger partial charge is 0.296 e. The Hall–Kier alpha value is -3.57. The molecule has 1 unspecified atom stereocenters. The molecule has 0 bridgehead atoms. The number of anilines is 1. The van der Waals surface area contributed by atoms with Crippen molar-refractivity contribution in [3.63, 3.8) is 0 Å². The normalized spacial score (nSPS) is 15.2. The molecule has 2 aromatic carbocycles. The maximum absolute atomic E-state index is 13.4. The molecule has 3 heterocycles. The largest absolute Gasteiger partial charge is 0.503 e. The lowest BCUT2D eigenvalue weighted by Crippen LogP contribution is -2.31. The fraction of sp³-hybridized carbons (Fsp3) is 0.111. The highest BCUT2D eigenvalue weighted by Gasteiger charge is 2.46. The highest BCUT2D eigenvalue weighted by molar-refractivity contribution is 8.00. The van der Waals surface area contributed by atoms with Gasteiger partial charge in [0.25, 0.3) is 5.91 Å². The Morgan fingerprint density at radius 1 is 1.21 bits per heavy atom. The average Bonchev–Trinajstić information content (AvgIpc) is 3.68. The van der Waals surface area contributed by atoms with Crippen LogP contribution >= 0.6 is 46.3 Å². The van der Waals surface area contributed by atoms with E-state index in [4.69, 9.17) is 32.4 Å². The van der Waals surface area contributed by atoms with E-state index in [1.165, 1.54) is 29.0 Å².